The van der Waals surface area contributed by atoms with Crippen LogP contribution in [-0.2, 0) is 14.4 Å². The first kappa shape index (κ1) is 12.6. The molecule has 0 aliphatic carbocycles. The third kappa shape index (κ3) is 3.51. The molecule has 0 radical (unpaired) electrons. The third-order valence-corrected chi connectivity index (χ3v) is 1.72. The molecule has 0 bridgehead atoms. The minimum absolute atomic E-state index is 0.159. The van der Waals surface area contributed by atoms with E-state index < -0.39 is 23.5 Å². The lowest BCUT2D eigenvalue weighted by Crippen LogP contribution is -2.41. The van der Waals surface area contributed by atoms with E-state index in [-0.39, 0.29) is 6.42 Å². The Kier molecular flexibility index (Phi) is 4.77. The molecule has 4 nitrogen and oxygen atoms in total. The van der Waals surface area contributed by atoms with Crippen LogP contribution in [0.25, 0.3) is 0 Å². The van der Waals surface area contributed by atoms with E-state index in [1.807, 2.05) is 0 Å². The van der Waals surface area contributed by atoms with E-state index in [4.69, 9.17) is 0 Å². The van der Waals surface area contributed by atoms with Gasteiger partial charge in [0, 0.05) is 12.0 Å². The molecule has 0 spiro atoms. The normalized spacial score (nSPS) is 11.6. The Balaban J connectivity index is 4.28. The van der Waals surface area contributed by atoms with Gasteiger partial charge in [-0.15, -0.1) is 0 Å². The summed E-state index contributed by atoms with van der Waals surface area (Å²) in [6, 6.07) is -0.772. The van der Waals surface area contributed by atoms with E-state index in [2.05, 4.69) is 11.9 Å². The molecule has 1 amide bonds. The number of ketones is 2. The van der Waals surface area contributed by atoms with Gasteiger partial charge in [0.2, 0.25) is 11.7 Å². The van der Waals surface area contributed by atoms with Gasteiger partial charge in [0.05, 0.1) is 6.04 Å². The molecule has 0 aliphatic rings. The molecule has 1 N–H and O–H groups in total. The minimum atomic E-state index is -0.772. The quantitative estimate of drug-likeness (QED) is 0.519. The first-order chi connectivity index (χ1) is 6.40. The summed E-state index contributed by atoms with van der Waals surface area (Å²) in [6.45, 7) is 8.05. The van der Waals surface area contributed by atoms with E-state index in [1.54, 1.807) is 6.92 Å². The van der Waals surface area contributed by atoms with Crippen LogP contribution in [0.5, 0.6) is 0 Å². The number of hydrogen-bond acceptors (Lipinski definition) is 3. The summed E-state index contributed by atoms with van der Waals surface area (Å²) in [6.07, 6.45) is 0.159. The van der Waals surface area contributed by atoms with Crippen molar-refractivity contribution in [2.24, 2.45) is 0 Å². The van der Waals surface area contributed by atoms with Gasteiger partial charge < -0.3 is 5.32 Å². The number of nitrogens with one attached hydrogen (secondary N) is 1. The molecule has 0 rings (SSSR count). The summed E-state index contributed by atoms with van der Waals surface area (Å²) in [5, 5.41) is 2.39. The monoisotopic (exact) mass is 197 g/mol. The molecule has 1 atom stereocenters. The van der Waals surface area contributed by atoms with Crippen LogP contribution in [0.4, 0.5) is 0 Å². The van der Waals surface area contributed by atoms with Gasteiger partial charge in [-0.2, -0.15) is 0 Å². The molecule has 0 aromatic heterocycles. The molecule has 0 aromatic rings. The Morgan fingerprint density at radius 3 is 2.21 bits per heavy atom. The first-order valence-corrected chi connectivity index (χ1v) is 4.43. The molecule has 0 saturated carbocycles. The Hall–Kier alpha value is -1.45. The largest absolute Gasteiger partial charge is 0.342 e. The highest BCUT2D eigenvalue weighted by molar-refractivity contribution is 6.39. The van der Waals surface area contributed by atoms with Crippen LogP contribution >= 0.6 is 0 Å². The van der Waals surface area contributed by atoms with Crippen molar-refractivity contribution in [1.29, 1.82) is 0 Å². The molecular weight excluding hydrogens is 182 g/mol. The molecule has 1 unspecified atom stereocenters. The van der Waals surface area contributed by atoms with Gasteiger partial charge in [0.1, 0.15) is 0 Å². The Bertz CT molecular complexity index is 281. The van der Waals surface area contributed by atoms with Gasteiger partial charge in [-0.1, -0.05) is 13.5 Å². The highest BCUT2D eigenvalue weighted by Crippen LogP contribution is 1.94. The summed E-state index contributed by atoms with van der Waals surface area (Å²) in [4.78, 5) is 33.3. The van der Waals surface area contributed by atoms with Crippen molar-refractivity contribution in [3.05, 3.63) is 12.2 Å². The number of Topliss-reactive ketones (excluding diaryl/α,β-unsaturated/α-hetero) is 2. The fourth-order valence-corrected chi connectivity index (χ4v) is 0.801. The van der Waals surface area contributed by atoms with E-state index >= 15 is 0 Å². The average Bonchev–Trinajstić information content (AvgIpc) is 2.14. The van der Waals surface area contributed by atoms with Crippen LogP contribution in [-0.4, -0.2) is 23.5 Å². The average molecular weight is 197 g/mol. The number of carbonyl (C=O) groups is 3. The minimum Gasteiger partial charge on any atom is -0.342 e. The summed E-state index contributed by atoms with van der Waals surface area (Å²) in [5.41, 5.74) is 0.314. The molecular formula is C10H15NO3. The van der Waals surface area contributed by atoms with E-state index in [0.29, 0.717) is 5.57 Å². The van der Waals surface area contributed by atoms with Gasteiger partial charge in [0.15, 0.2) is 5.78 Å². The molecule has 0 heterocycles. The predicted molar refractivity (Wildman–Crippen MR) is 52.7 cm³/mol. The van der Waals surface area contributed by atoms with Crippen LogP contribution < -0.4 is 5.32 Å². The smallest absolute Gasteiger partial charge is 0.246 e. The third-order valence-electron chi connectivity index (χ3n) is 1.72. The summed E-state index contributed by atoms with van der Waals surface area (Å²) in [7, 11) is 0. The van der Waals surface area contributed by atoms with Crippen molar-refractivity contribution < 1.29 is 14.4 Å². The lowest BCUT2D eigenvalue weighted by atomic mass is 10.1. The number of rotatable bonds is 5. The maximum Gasteiger partial charge on any atom is 0.246 e. The van der Waals surface area contributed by atoms with Gasteiger partial charge in [-0.3, -0.25) is 14.4 Å². The van der Waals surface area contributed by atoms with Crippen molar-refractivity contribution >= 4 is 17.5 Å². The van der Waals surface area contributed by atoms with Gasteiger partial charge in [-0.05, 0) is 13.8 Å². The van der Waals surface area contributed by atoms with Gasteiger partial charge >= 0.3 is 0 Å². The molecule has 0 aromatic carbocycles. The van der Waals surface area contributed by atoms with Crippen LogP contribution in [0.1, 0.15) is 27.2 Å². The topological polar surface area (TPSA) is 63.2 Å². The number of hydrogen-bond donors (Lipinski definition) is 1. The fraction of sp³-hybridized carbons (Fsp3) is 0.500. The summed E-state index contributed by atoms with van der Waals surface area (Å²) < 4.78 is 0. The second kappa shape index (κ2) is 5.32. The molecule has 0 aliphatic heterocycles. The molecule has 0 saturated heterocycles. The van der Waals surface area contributed by atoms with Crippen LogP contribution in [0.15, 0.2) is 12.2 Å². The molecule has 0 fully saturated rings. The highest BCUT2D eigenvalue weighted by Gasteiger charge is 2.20. The lowest BCUT2D eigenvalue weighted by molar-refractivity contribution is -0.138. The highest BCUT2D eigenvalue weighted by atomic mass is 16.2. The van der Waals surface area contributed by atoms with Gasteiger partial charge in [-0.25, -0.2) is 0 Å². The Labute approximate surface area is 83.4 Å². The van der Waals surface area contributed by atoms with E-state index in [0.717, 1.165) is 0 Å². The van der Waals surface area contributed by atoms with E-state index in [9.17, 15) is 14.4 Å². The maximum absolute atomic E-state index is 11.2. The summed E-state index contributed by atoms with van der Waals surface area (Å²) in [5.74, 6) is -1.45. The first-order valence-electron chi connectivity index (χ1n) is 4.43. The van der Waals surface area contributed by atoms with Crippen molar-refractivity contribution in [2.75, 3.05) is 0 Å². The Morgan fingerprint density at radius 1 is 1.36 bits per heavy atom. The van der Waals surface area contributed by atoms with E-state index in [1.165, 1.54) is 13.8 Å². The van der Waals surface area contributed by atoms with Crippen LogP contribution in [0.3, 0.4) is 0 Å². The number of carbonyl (C=O) groups excluding carboxylic acids is 3. The van der Waals surface area contributed by atoms with Crippen molar-refractivity contribution in [3.8, 4) is 0 Å². The lowest BCUT2D eigenvalue weighted by Gasteiger charge is -2.11. The summed E-state index contributed by atoms with van der Waals surface area (Å²) >= 11 is 0. The van der Waals surface area contributed by atoms with Crippen molar-refractivity contribution in [3.63, 3.8) is 0 Å². The predicted octanol–water partition coefficient (Wildman–Crippen LogP) is 0.615. The zero-order valence-electron chi connectivity index (χ0n) is 8.72. The second-order valence-electron chi connectivity index (χ2n) is 3.12. The zero-order valence-corrected chi connectivity index (χ0v) is 8.72. The Morgan fingerprint density at radius 2 is 1.86 bits per heavy atom. The standard InChI is InChI=1S/C10H15NO3/c1-5-8(12)9(13)7(4)11-10(14)6(2)3/h7H,2,5H2,1,3-4H3,(H,11,14). The van der Waals surface area contributed by atoms with Crippen LogP contribution in [0.2, 0.25) is 0 Å². The molecule has 14 heavy (non-hydrogen) atoms. The zero-order chi connectivity index (χ0) is 11.3. The van der Waals surface area contributed by atoms with Crippen molar-refractivity contribution in [1.82, 2.24) is 5.32 Å². The van der Waals surface area contributed by atoms with Crippen molar-refractivity contribution in [2.45, 2.75) is 33.2 Å². The van der Waals surface area contributed by atoms with Crippen LogP contribution in [0, 0.1) is 0 Å². The maximum atomic E-state index is 11.2. The fourth-order valence-electron chi connectivity index (χ4n) is 0.801. The molecule has 78 valence electrons. The molecule has 4 heteroatoms. The SMILES string of the molecule is C=C(C)C(=O)NC(C)C(=O)C(=O)CC. The van der Waals surface area contributed by atoms with Gasteiger partial charge in [0.25, 0.3) is 0 Å². The second-order valence-corrected chi connectivity index (χ2v) is 3.12. The number of amides is 1.